The van der Waals surface area contributed by atoms with Gasteiger partial charge in [-0.3, -0.25) is 9.59 Å². The van der Waals surface area contributed by atoms with E-state index in [1.165, 1.54) is 6.92 Å². The summed E-state index contributed by atoms with van der Waals surface area (Å²) in [7, 11) is 0. The van der Waals surface area contributed by atoms with Crippen LogP contribution in [0.2, 0.25) is 0 Å². The van der Waals surface area contributed by atoms with Crippen molar-refractivity contribution < 1.29 is 24.6 Å². The van der Waals surface area contributed by atoms with Crippen LogP contribution >= 0.6 is 0 Å². The van der Waals surface area contributed by atoms with Crippen LogP contribution in [0.4, 0.5) is 0 Å². The number of aliphatic hydroxyl groups excluding tert-OH is 1. The number of nitrogens with zero attached hydrogens (tertiary/aromatic N) is 1. The first-order valence-corrected chi connectivity index (χ1v) is 4.99. The smallest absolute Gasteiger partial charge is 0.328 e. The molecule has 0 aromatic carbocycles. The second-order valence-corrected chi connectivity index (χ2v) is 3.62. The van der Waals surface area contributed by atoms with Gasteiger partial charge in [-0.05, 0) is 6.92 Å². The van der Waals surface area contributed by atoms with E-state index in [0.29, 0.717) is 0 Å². The molecule has 94 valence electrons. The minimum absolute atomic E-state index is 0.0384. The maximum Gasteiger partial charge on any atom is 0.328 e. The molecule has 1 aliphatic rings. The predicted octanol–water partition coefficient (Wildman–Crippen LogP) is -1.80. The zero-order valence-corrected chi connectivity index (χ0v) is 9.14. The highest BCUT2D eigenvalue weighted by atomic mass is 16.4. The summed E-state index contributed by atoms with van der Waals surface area (Å²) in [5, 5.41) is 23.6. The van der Waals surface area contributed by atoms with E-state index in [9.17, 15) is 14.4 Å². The van der Waals surface area contributed by atoms with Crippen molar-refractivity contribution >= 4 is 23.5 Å². The third kappa shape index (κ3) is 3.52. The number of rotatable bonds is 4. The van der Waals surface area contributed by atoms with Gasteiger partial charge in [0.05, 0.1) is 6.10 Å². The number of carboxylic acid groups (broad SMARTS) is 1. The van der Waals surface area contributed by atoms with Gasteiger partial charge >= 0.3 is 5.97 Å². The lowest BCUT2D eigenvalue weighted by Crippen LogP contribution is -2.50. The lowest BCUT2D eigenvalue weighted by atomic mass is 10.1. The Hall–Kier alpha value is -1.96. The van der Waals surface area contributed by atoms with E-state index in [2.05, 4.69) is 15.8 Å². The largest absolute Gasteiger partial charge is 0.480 e. The number of carboxylic acids is 1. The van der Waals surface area contributed by atoms with Gasteiger partial charge in [0.25, 0.3) is 5.91 Å². The summed E-state index contributed by atoms with van der Waals surface area (Å²) in [4.78, 5) is 33.1. The van der Waals surface area contributed by atoms with Crippen molar-refractivity contribution in [2.45, 2.75) is 31.9 Å². The number of hydrazone groups is 1. The molecule has 2 atom stereocenters. The molecule has 0 saturated carbocycles. The number of carbonyl (C=O) groups excluding carboxylic acids is 2. The Kier molecular flexibility index (Phi) is 4.16. The van der Waals surface area contributed by atoms with E-state index < -0.39 is 24.0 Å². The first kappa shape index (κ1) is 13.1. The van der Waals surface area contributed by atoms with Crippen LogP contribution in [0.3, 0.4) is 0 Å². The summed E-state index contributed by atoms with van der Waals surface area (Å²) in [6.07, 6.45) is -0.960. The molecule has 0 spiro atoms. The number of nitrogens with one attached hydrogen (secondary N) is 2. The molecule has 2 amide bonds. The molecule has 0 aromatic heterocycles. The number of aliphatic carboxylic acids is 1. The summed E-state index contributed by atoms with van der Waals surface area (Å²) in [5.41, 5.74) is 2.16. The van der Waals surface area contributed by atoms with Crippen LogP contribution in [0.1, 0.15) is 19.8 Å². The Morgan fingerprint density at radius 1 is 1.47 bits per heavy atom. The molecule has 0 bridgehead atoms. The van der Waals surface area contributed by atoms with Crippen LogP contribution in [0, 0.1) is 0 Å². The zero-order chi connectivity index (χ0) is 13.0. The third-order valence-electron chi connectivity index (χ3n) is 2.20. The predicted molar refractivity (Wildman–Crippen MR) is 56.1 cm³/mol. The molecule has 0 aliphatic carbocycles. The molecule has 1 heterocycles. The Morgan fingerprint density at radius 2 is 2.12 bits per heavy atom. The van der Waals surface area contributed by atoms with E-state index in [4.69, 9.17) is 10.2 Å². The lowest BCUT2D eigenvalue weighted by Gasteiger charge is -2.18. The van der Waals surface area contributed by atoms with E-state index in [0.717, 1.165) is 0 Å². The maximum absolute atomic E-state index is 11.6. The highest BCUT2D eigenvalue weighted by molar-refractivity contribution is 6.39. The normalized spacial score (nSPS) is 18.7. The first-order valence-electron chi connectivity index (χ1n) is 4.99. The molecule has 0 saturated heterocycles. The topological polar surface area (TPSA) is 128 Å². The fraction of sp³-hybridized carbons (Fsp3) is 0.556. The SMILES string of the molecule is C[C@@H](O)[C@H](NC(=O)C1=NNC(=O)CC1)C(=O)O. The van der Waals surface area contributed by atoms with Gasteiger partial charge in [0.1, 0.15) is 5.71 Å². The number of amides is 2. The third-order valence-corrected chi connectivity index (χ3v) is 2.20. The standard InChI is InChI=1S/C9H13N3O5/c1-4(13)7(9(16)17)10-8(15)5-2-3-6(14)12-11-5/h4,7,13H,2-3H2,1H3,(H,10,15)(H,12,14)(H,16,17)/t4-,7+/m1/s1. The molecule has 4 N–H and O–H groups in total. The van der Waals surface area contributed by atoms with Crippen molar-refractivity contribution in [3.05, 3.63) is 0 Å². The number of hydrogen-bond donors (Lipinski definition) is 4. The average molecular weight is 243 g/mol. The van der Waals surface area contributed by atoms with Gasteiger partial charge in [0.15, 0.2) is 6.04 Å². The molecule has 8 heteroatoms. The molecule has 8 nitrogen and oxygen atoms in total. The zero-order valence-electron chi connectivity index (χ0n) is 9.14. The Labute approximate surface area is 96.7 Å². The molecule has 1 rings (SSSR count). The summed E-state index contributed by atoms with van der Waals surface area (Å²) in [5.74, 6) is -2.35. The van der Waals surface area contributed by atoms with Crippen LogP contribution in [0.25, 0.3) is 0 Å². The van der Waals surface area contributed by atoms with Crippen LogP contribution in [0.5, 0.6) is 0 Å². The van der Waals surface area contributed by atoms with Gasteiger partial charge in [-0.25, -0.2) is 10.2 Å². The molecule has 0 radical (unpaired) electrons. The van der Waals surface area contributed by atoms with Gasteiger partial charge in [-0.15, -0.1) is 0 Å². The molecule has 0 fully saturated rings. The Balaban J connectivity index is 2.65. The summed E-state index contributed by atoms with van der Waals surface area (Å²) < 4.78 is 0. The first-order chi connectivity index (χ1) is 7.91. The van der Waals surface area contributed by atoms with Gasteiger partial charge in [-0.2, -0.15) is 5.10 Å². The van der Waals surface area contributed by atoms with Crippen molar-refractivity contribution in [2.24, 2.45) is 5.10 Å². The highest BCUT2D eigenvalue weighted by Crippen LogP contribution is 2.01. The molecular formula is C9H13N3O5. The van der Waals surface area contributed by atoms with Crippen molar-refractivity contribution in [1.82, 2.24) is 10.7 Å². The van der Waals surface area contributed by atoms with Crippen molar-refractivity contribution in [3.63, 3.8) is 0 Å². The fourth-order valence-electron chi connectivity index (χ4n) is 1.25. The molecule has 0 unspecified atom stereocenters. The molecule has 17 heavy (non-hydrogen) atoms. The van der Waals surface area contributed by atoms with Crippen LogP contribution in [0.15, 0.2) is 5.10 Å². The minimum atomic E-state index is -1.40. The second kappa shape index (κ2) is 5.39. The summed E-state index contributed by atoms with van der Waals surface area (Å²) in [6.45, 7) is 1.25. The summed E-state index contributed by atoms with van der Waals surface area (Å²) >= 11 is 0. The molecule has 0 aromatic rings. The van der Waals surface area contributed by atoms with Gasteiger partial charge < -0.3 is 15.5 Å². The summed E-state index contributed by atoms with van der Waals surface area (Å²) in [6, 6.07) is -1.40. The van der Waals surface area contributed by atoms with E-state index in [1.807, 2.05) is 0 Å². The number of aliphatic hydroxyl groups is 1. The van der Waals surface area contributed by atoms with E-state index in [-0.39, 0.29) is 24.5 Å². The van der Waals surface area contributed by atoms with Crippen LogP contribution in [-0.4, -0.2) is 45.9 Å². The van der Waals surface area contributed by atoms with E-state index in [1.54, 1.807) is 0 Å². The number of carbonyl (C=O) groups is 3. The van der Waals surface area contributed by atoms with Crippen molar-refractivity contribution in [3.8, 4) is 0 Å². The minimum Gasteiger partial charge on any atom is -0.480 e. The van der Waals surface area contributed by atoms with Gasteiger partial charge in [0, 0.05) is 12.8 Å². The number of hydrogen-bond acceptors (Lipinski definition) is 5. The van der Waals surface area contributed by atoms with Crippen molar-refractivity contribution in [1.29, 1.82) is 0 Å². The highest BCUT2D eigenvalue weighted by Gasteiger charge is 2.27. The van der Waals surface area contributed by atoms with Gasteiger partial charge in [-0.1, -0.05) is 0 Å². The van der Waals surface area contributed by atoms with Gasteiger partial charge in [0.2, 0.25) is 5.91 Å². The monoisotopic (exact) mass is 243 g/mol. The molecular weight excluding hydrogens is 230 g/mol. The average Bonchev–Trinajstić information content (AvgIpc) is 2.25. The second-order valence-electron chi connectivity index (χ2n) is 3.62. The lowest BCUT2D eigenvalue weighted by molar-refractivity contribution is -0.144. The van der Waals surface area contributed by atoms with E-state index >= 15 is 0 Å². The fourth-order valence-corrected chi connectivity index (χ4v) is 1.25. The maximum atomic E-state index is 11.6. The quantitative estimate of drug-likeness (QED) is 0.463. The Bertz CT molecular complexity index is 377. The molecule has 1 aliphatic heterocycles. The Morgan fingerprint density at radius 3 is 2.53 bits per heavy atom. The van der Waals surface area contributed by atoms with Crippen LogP contribution in [-0.2, 0) is 14.4 Å². The van der Waals surface area contributed by atoms with Crippen LogP contribution < -0.4 is 10.7 Å². The van der Waals surface area contributed by atoms with Crippen molar-refractivity contribution in [2.75, 3.05) is 0 Å².